The third kappa shape index (κ3) is 3.66. The highest BCUT2D eigenvalue weighted by molar-refractivity contribution is 5.87. The highest BCUT2D eigenvalue weighted by atomic mass is 16.6. The topological polar surface area (TPSA) is 168 Å². The van der Waals surface area contributed by atoms with E-state index in [1.165, 1.54) is 24.3 Å². The van der Waals surface area contributed by atoms with E-state index < -0.39 is 42.6 Å². The van der Waals surface area contributed by atoms with Gasteiger partial charge in [-0.2, -0.15) is 0 Å². The summed E-state index contributed by atoms with van der Waals surface area (Å²) >= 11 is 0. The normalized spacial score (nSPS) is 33.5. The van der Waals surface area contributed by atoms with Crippen molar-refractivity contribution in [1.29, 1.82) is 0 Å². The van der Waals surface area contributed by atoms with Gasteiger partial charge in [-0.25, -0.2) is 4.79 Å². The van der Waals surface area contributed by atoms with Crippen molar-refractivity contribution in [3.05, 3.63) is 29.8 Å². The Balaban J connectivity index is 2.05. The first-order valence-electron chi connectivity index (χ1n) is 7.03. The fourth-order valence-electron chi connectivity index (χ4n) is 2.32. The van der Waals surface area contributed by atoms with Gasteiger partial charge in [0.1, 0.15) is 30.5 Å². The number of aliphatic hydroxyl groups excluding tert-OH is 5. The van der Waals surface area contributed by atoms with E-state index in [4.69, 9.17) is 4.74 Å². The highest BCUT2D eigenvalue weighted by Crippen LogP contribution is 2.26. The number of aromatic hydroxyl groups is 2. The van der Waals surface area contributed by atoms with Gasteiger partial charge in [0, 0.05) is 6.08 Å². The lowest BCUT2D eigenvalue weighted by atomic mass is 9.85. The van der Waals surface area contributed by atoms with Crippen LogP contribution >= 0.6 is 0 Å². The standard InChI is InChI=1S/C15H18O9/c16-7-3-1-6(5-8(7)17)2-4-9(18)24-15-13(22)11(20)10(19)12(21)14(15)23/h1-5,10-17,19-23H. The summed E-state index contributed by atoms with van der Waals surface area (Å²) in [6.07, 6.45) is -8.40. The molecule has 24 heavy (non-hydrogen) atoms. The first-order chi connectivity index (χ1) is 11.2. The number of rotatable bonds is 3. The summed E-state index contributed by atoms with van der Waals surface area (Å²) in [6, 6.07) is 3.81. The summed E-state index contributed by atoms with van der Waals surface area (Å²) in [5.74, 6) is -1.71. The molecule has 9 nitrogen and oxygen atoms in total. The van der Waals surface area contributed by atoms with Gasteiger partial charge in [-0.1, -0.05) is 6.07 Å². The van der Waals surface area contributed by atoms with E-state index in [1.54, 1.807) is 0 Å². The van der Waals surface area contributed by atoms with E-state index in [9.17, 15) is 40.5 Å². The fraction of sp³-hybridized carbons (Fsp3) is 0.400. The first kappa shape index (κ1) is 18.2. The van der Waals surface area contributed by atoms with E-state index in [2.05, 4.69) is 0 Å². The van der Waals surface area contributed by atoms with Crippen molar-refractivity contribution in [1.82, 2.24) is 0 Å². The van der Waals surface area contributed by atoms with Gasteiger partial charge in [0.05, 0.1) is 0 Å². The molecule has 4 atom stereocenters. The number of phenolic OH excluding ortho intramolecular Hbond substituents is 2. The molecule has 0 bridgehead atoms. The van der Waals surface area contributed by atoms with Gasteiger partial charge in [-0.15, -0.1) is 0 Å². The Kier molecular flexibility index (Phi) is 5.42. The summed E-state index contributed by atoms with van der Waals surface area (Å²) in [5.41, 5.74) is 0.363. The maximum atomic E-state index is 11.8. The molecule has 1 saturated carbocycles. The van der Waals surface area contributed by atoms with E-state index in [1.807, 2.05) is 0 Å². The van der Waals surface area contributed by atoms with Crippen LogP contribution in [0.25, 0.3) is 6.08 Å². The molecule has 1 aromatic rings. The van der Waals surface area contributed by atoms with E-state index in [0.29, 0.717) is 5.56 Å². The van der Waals surface area contributed by atoms with Crippen molar-refractivity contribution in [3.63, 3.8) is 0 Å². The van der Waals surface area contributed by atoms with Crippen molar-refractivity contribution in [2.24, 2.45) is 0 Å². The van der Waals surface area contributed by atoms with Crippen molar-refractivity contribution < 1.29 is 45.3 Å². The minimum Gasteiger partial charge on any atom is -0.504 e. The van der Waals surface area contributed by atoms with Crippen LogP contribution in [0.15, 0.2) is 24.3 Å². The lowest BCUT2D eigenvalue weighted by Gasteiger charge is -2.40. The fourth-order valence-corrected chi connectivity index (χ4v) is 2.32. The molecule has 1 aromatic carbocycles. The van der Waals surface area contributed by atoms with Crippen LogP contribution in [0.4, 0.5) is 0 Å². The zero-order chi connectivity index (χ0) is 18.0. The predicted molar refractivity (Wildman–Crippen MR) is 78.7 cm³/mol. The number of phenols is 2. The van der Waals surface area contributed by atoms with Gasteiger partial charge in [-0.05, 0) is 23.8 Å². The van der Waals surface area contributed by atoms with Gasteiger partial charge in [0.2, 0.25) is 0 Å². The van der Waals surface area contributed by atoms with Gasteiger partial charge in [0.15, 0.2) is 17.6 Å². The largest absolute Gasteiger partial charge is 0.504 e. The molecule has 0 spiro atoms. The molecule has 0 aromatic heterocycles. The molecule has 132 valence electrons. The molecule has 1 fully saturated rings. The number of aliphatic hydroxyl groups is 5. The van der Waals surface area contributed by atoms with Gasteiger partial charge in [-0.3, -0.25) is 0 Å². The Morgan fingerprint density at radius 3 is 1.96 bits per heavy atom. The third-order valence-corrected chi connectivity index (χ3v) is 3.74. The van der Waals surface area contributed by atoms with E-state index in [0.717, 1.165) is 6.08 Å². The molecule has 4 unspecified atom stereocenters. The van der Waals surface area contributed by atoms with Gasteiger partial charge < -0.3 is 40.5 Å². The average molecular weight is 342 g/mol. The molecule has 0 amide bonds. The lowest BCUT2D eigenvalue weighted by Crippen LogP contribution is -2.64. The van der Waals surface area contributed by atoms with E-state index >= 15 is 0 Å². The second-order valence-corrected chi connectivity index (χ2v) is 5.44. The summed E-state index contributed by atoms with van der Waals surface area (Å²) in [4.78, 5) is 11.8. The average Bonchev–Trinajstić information content (AvgIpc) is 2.56. The predicted octanol–water partition coefficient (Wildman–Crippen LogP) is -2.16. The lowest BCUT2D eigenvalue weighted by molar-refractivity contribution is -0.231. The van der Waals surface area contributed by atoms with Crippen LogP contribution in [-0.2, 0) is 9.53 Å². The zero-order valence-corrected chi connectivity index (χ0v) is 12.3. The molecule has 0 aliphatic heterocycles. The minimum absolute atomic E-state index is 0.329. The molecule has 9 heteroatoms. The van der Waals surface area contributed by atoms with Crippen molar-refractivity contribution >= 4 is 12.0 Å². The quantitative estimate of drug-likeness (QED) is 0.184. The number of hydrogen-bond donors (Lipinski definition) is 7. The molecule has 1 aliphatic rings. The Morgan fingerprint density at radius 1 is 0.875 bits per heavy atom. The van der Waals surface area contributed by atoms with Crippen LogP contribution in [-0.4, -0.2) is 78.3 Å². The zero-order valence-electron chi connectivity index (χ0n) is 12.3. The summed E-state index contributed by atoms with van der Waals surface area (Å²) < 4.78 is 4.81. The molecule has 0 radical (unpaired) electrons. The molecule has 7 N–H and O–H groups in total. The number of benzene rings is 1. The van der Waals surface area contributed by atoms with Gasteiger partial charge >= 0.3 is 5.97 Å². The molecular formula is C15H18O9. The van der Waals surface area contributed by atoms with Crippen LogP contribution in [0.2, 0.25) is 0 Å². The number of esters is 1. The third-order valence-electron chi connectivity index (χ3n) is 3.74. The monoisotopic (exact) mass is 342 g/mol. The summed E-state index contributed by atoms with van der Waals surface area (Å²) in [7, 11) is 0. The number of ether oxygens (including phenoxy) is 1. The second kappa shape index (κ2) is 7.16. The van der Waals surface area contributed by atoms with Crippen LogP contribution in [0, 0.1) is 0 Å². The Labute approximate surface area is 136 Å². The maximum Gasteiger partial charge on any atom is 0.331 e. The second-order valence-electron chi connectivity index (χ2n) is 5.44. The first-order valence-corrected chi connectivity index (χ1v) is 7.03. The number of carbonyl (C=O) groups is 1. The Hall–Kier alpha value is -2.17. The van der Waals surface area contributed by atoms with Crippen molar-refractivity contribution in [2.45, 2.75) is 36.6 Å². The van der Waals surface area contributed by atoms with Crippen LogP contribution in [0.5, 0.6) is 11.5 Å². The van der Waals surface area contributed by atoms with Crippen molar-refractivity contribution in [3.8, 4) is 11.5 Å². The molecular weight excluding hydrogens is 324 g/mol. The summed E-state index contributed by atoms with van der Waals surface area (Å²) in [6.45, 7) is 0. The smallest absolute Gasteiger partial charge is 0.331 e. The minimum atomic E-state index is -1.79. The highest BCUT2D eigenvalue weighted by Gasteiger charge is 2.50. The maximum absolute atomic E-state index is 11.8. The molecule has 0 heterocycles. The summed E-state index contributed by atoms with van der Waals surface area (Å²) in [5, 5.41) is 66.5. The Morgan fingerprint density at radius 2 is 1.42 bits per heavy atom. The number of hydrogen-bond acceptors (Lipinski definition) is 9. The Bertz CT molecular complexity index is 613. The van der Waals surface area contributed by atoms with Crippen LogP contribution in [0.1, 0.15) is 5.56 Å². The van der Waals surface area contributed by atoms with E-state index in [-0.39, 0.29) is 11.5 Å². The van der Waals surface area contributed by atoms with Crippen LogP contribution in [0.3, 0.4) is 0 Å². The number of carbonyl (C=O) groups excluding carboxylic acids is 1. The molecule has 0 saturated heterocycles. The molecule has 1 aliphatic carbocycles. The van der Waals surface area contributed by atoms with Crippen LogP contribution < -0.4 is 0 Å². The van der Waals surface area contributed by atoms with Crippen molar-refractivity contribution in [2.75, 3.05) is 0 Å². The molecule has 2 rings (SSSR count). The SMILES string of the molecule is O=C(C=Cc1ccc(O)c(O)c1)OC1C(O)C(O)C(O)C(O)C1O. The van der Waals surface area contributed by atoms with Gasteiger partial charge in [0.25, 0.3) is 0 Å².